The average molecular weight is 307 g/mol. The summed E-state index contributed by atoms with van der Waals surface area (Å²) in [5.74, 6) is 12.0. The van der Waals surface area contributed by atoms with E-state index in [1.165, 1.54) is 0 Å². The maximum atomic E-state index is 9.63. The van der Waals surface area contributed by atoms with Gasteiger partial charge >= 0.3 is 0 Å². The van der Waals surface area contributed by atoms with E-state index in [1.807, 2.05) is 13.8 Å². The third-order valence-electron chi connectivity index (χ3n) is 3.18. The summed E-state index contributed by atoms with van der Waals surface area (Å²) >= 11 is 0. The zero-order valence-electron chi connectivity index (χ0n) is 12.4. The summed E-state index contributed by atoms with van der Waals surface area (Å²) in [5.41, 5.74) is 3.39. The number of hydrogen-bond acceptors (Lipinski definition) is 8. The van der Waals surface area contributed by atoms with Gasteiger partial charge in [0.25, 0.3) is 0 Å². The maximum Gasteiger partial charge on any atom is 0.185 e. The number of phenols is 1. The standard InChI is InChI=1S/C13H21N7O2/c1-7(2)9-5-8(21)3-4-10(9)22-11-6-16-13(18-14)17-12(11)19-20-15/h3-7,12-13,16-18,21H,14H2,1-2H3,(H2,15,19). The van der Waals surface area contributed by atoms with E-state index >= 15 is 0 Å². The number of rotatable bonds is 5. The van der Waals surface area contributed by atoms with Crippen LogP contribution in [0.15, 0.2) is 40.5 Å². The molecule has 2 atom stereocenters. The molecule has 2 unspecified atom stereocenters. The van der Waals surface area contributed by atoms with Gasteiger partial charge in [0.1, 0.15) is 17.8 Å². The van der Waals surface area contributed by atoms with Gasteiger partial charge in [-0.15, -0.1) is 5.11 Å². The molecule has 2 rings (SSSR count). The summed E-state index contributed by atoms with van der Waals surface area (Å²) in [5, 5.41) is 22.8. The minimum atomic E-state index is -0.582. The van der Waals surface area contributed by atoms with E-state index in [9.17, 15) is 5.11 Å². The topological polar surface area (TPSA) is 142 Å². The van der Waals surface area contributed by atoms with Crippen molar-refractivity contribution in [2.24, 2.45) is 22.0 Å². The lowest BCUT2D eigenvalue weighted by Gasteiger charge is -2.29. The van der Waals surface area contributed by atoms with Crippen molar-refractivity contribution >= 4 is 0 Å². The Balaban J connectivity index is 2.27. The Labute approximate surface area is 128 Å². The maximum absolute atomic E-state index is 9.63. The second kappa shape index (κ2) is 7.07. The van der Waals surface area contributed by atoms with Gasteiger partial charge in [-0.05, 0) is 24.1 Å². The molecule has 1 aliphatic rings. The van der Waals surface area contributed by atoms with Crippen LogP contribution >= 0.6 is 0 Å². The molecule has 8 N–H and O–H groups in total. The number of nitrogens with zero attached hydrogens (tertiary/aromatic N) is 2. The van der Waals surface area contributed by atoms with Crippen molar-refractivity contribution in [2.75, 3.05) is 0 Å². The van der Waals surface area contributed by atoms with Crippen LogP contribution in [0.3, 0.4) is 0 Å². The Morgan fingerprint density at radius 2 is 2.18 bits per heavy atom. The van der Waals surface area contributed by atoms with Crippen molar-refractivity contribution in [3.8, 4) is 11.5 Å². The van der Waals surface area contributed by atoms with E-state index in [0.717, 1.165) is 5.56 Å². The van der Waals surface area contributed by atoms with Crippen molar-refractivity contribution in [3.63, 3.8) is 0 Å². The highest BCUT2D eigenvalue weighted by Crippen LogP contribution is 2.31. The van der Waals surface area contributed by atoms with Crippen LogP contribution in [-0.4, -0.2) is 17.6 Å². The zero-order valence-corrected chi connectivity index (χ0v) is 12.4. The van der Waals surface area contributed by atoms with E-state index in [2.05, 4.69) is 26.4 Å². The number of hydrogen-bond donors (Lipinski definition) is 6. The highest BCUT2D eigenvalue weighted by atomic mass is 16.5. The van der Waals surface area contributed by atoms with Crippen LogP contribution < -0.4 is 32.5 Å². The van der Waals surface area contributed by atoms with E-state index < -0.39 is 6.17 Å². The van der Waals surface area contributed by atoms with Crippen LogP contribution in [0.25, 0.3) is 0 Å². The lowest BCUT2D eigenvalue weighted by atomic mass is 10.0. The molecule has 1 aliphatic heterocycles. The van der Waals surface area contributed by atoms with Gasteiger partial charge in [0, 0.05) is 11.8 Å². The Morgan fingerprint density at radius 1 is 1.41 bits per heavy atom. The highest BCUT2D eigenvalue weighted by molar-refractivity contribution is 5.42. The van der Waals surface area contributed by atoms with Crippen LogP contribution in [-0.2, 0) is 0 Å². The van der Waals surface area contributed by atoms with Gasteiger partial charge in [0.05, 0.1) is 0 Å². The first-order chi connectivity index (χ1) is 10.5. The number of phenolic OH excluding ortho intramolecular Hbond substituents is 1. The normalized spacial score (nSPS) is 21.7. The van der Waals surface area contributed by atoms with Crippen molar-refractivity contribution in [1.29, 1.82) is 0 Å². The van der Waals surface area contributed by atoms with Gasteiger partial charge in [-0.2, -0.15) is 0 Å². The molecule has 0 fully saturated rings. The second-order valence-corrected chi connectivity index (χ2v) is 5.09. The van der Waals surface area contributed by atoms with Gasteiger partial charge in [-0.1, -0.05) is 19.1 Å². The fraction of sp³-hybridized carbons (Fsp3) is 0.385. The lowest BCUT2D eigenvalue weighted by Crippen LogP contribution is -2.60. The first kappa shape index (κ1) is 16.0. The summed E-state index contributed by atoms with van der Waals surface area (Å²) in [4.78, 5) is 0. The fourth-order valence-electron chi connectivity index (χ4n) is 2.08. The molecular formula is C13H21N7O2. The van der Waals surface area contributed by atoms with Crippen LogP contribution in [0.1, 0.15) is 25.3 Å². The summed E-state index contributed by atoms with van der Waals surface area (Å²) in [6.07, 6.45) is 0.672. The van der Waals surface area contributed by atoms with E-state index in [1.54, 1.807) is 24.4 Å². The molecule has 0 aliphatic carbocycles. The minimum Gasteiger partial charge on any atom is -0.508 e. The van der Waals surface area contributed by atoms with Gasteiger partial charge < -0.3 is 21.0 Å². The highest BCUT2D eigenvalue weighted by Gasteiger charge is 2.25. The number of benzene rings is 1. The predicted molar refractivity (Wildman–Crippen MR) is 81.1 cm³/mol. The van der Waals surface area contributed by atoms with Gasteiger partial charge in [-0.25, -0.2) is 5.43 Å². The number of hydrazine groups is 1. The smallest absolute Gasteiger partial charge is 0.185 e. The first-order valence-electron chi connectivity index (χ1n) is 6.84. The van der Waals surface area contributed by atoms with E-state index in [4.69, 9.17) is 16.4 Å². The van der Waals surface area contributed by atoms with Crippen LogP contribution in [0, 0.1) is 0 Å². The average Bonchev–Trinajstić information content (AvgIpc) is 2.50. The van der Waals surface area contributed by atoms with Gasteiger partial charge in [-0.3, -0.25) is 11.2 Å². The number of aromatic hydroxyl groups is 1. The van der Waals surface area contributed by atoms with Crippen molar-refractivity contribution < 1.29 is 9.84 Å². The lowest BCUT2D eigenvalue weighted by molar-refractivity contribution is 0.268. The second-order valence-electron chi connectivity index (χ2n) is 5.09. The number of nitrogens with two attached hydrogens (primary N) is 2. The summed E-state index contributed by atoms with van der Waals surface area (Å²) in [6, 6.07) is 4.94. The number of nitrogens with one attached hydrogen (secondary N) is 3. The zero-order chi connectivity index (χ0) is 16.1. The predicted octanol–water partition coefficient (Wildman–Crippen LogP) is 0.328. The third-order valence-corrected chi connectivity index (χ3v) is 3.18. The molecule has 0 amide bonds. The molecule has 1 aromatic rings. The fourth-order valence-corrected chi connectivity index (χ4v) is 2.08. The molecule has 1 heterocycles. The SMILES string of the molecule is CC(C)c1cc(O)ccc1OC1=CNC(NN)NC1N=NN. The monoisotopic (exact) mass is 307 g/mol. The molecule has 9 heteroatoms. The molecule has 0 saturated carbocycles. The van der Waals surface area contributed by atoms with E-state index in [-0.39, 0.29) is 18.0 Å². The molecule has 120 valence electrons. The summed E-state index contributed by atoms with van der Waals surface area (Å²) in [6.45, 7) is 4.03. The molecule has 22 heavy (non-hydrogen) atoms. The molecule has 1 aromatic carbocycles. The molecule has 0 saturated heterocycles. The van der Waals surface area contributed by atoms with Crippen molar-refractivity contribution in [2.45, 2.75) is 32.2 Å². The Hall–Kier alpha value is -2.36. The Bertz CT molecular complexity index is 574. The molecule has 9 nitrogen and oxygen atoms in total. The first-order valence-corrected chi connectivity index (χ1v) is 6.84. The molecular weight excluding hydrogens is 286 g/mol. The van der Waals surface area contributed by atoms with E-state index in [0.29, 0.717) is 11.5 Å². The molecule has 0 radical (unpaired) electrons. The molecule has 0 aromatic heterocycles. The van der Waals surface area contributed by atoms with Crippen molar-refractivity contribution in [3.05, 3.63) is 35.7 Å². The van der Waals surface area contributed by atoms with Gasteiger partial charge in [0.2, 0.25) is 0 Å². The largest absolute Gasteiger partial charge is 0.508 e. The van der Waals surface area contributed by atoms with Crippen molar-refractivity contribution in [1.82, 2.24) is 16.1 Å². The Morgan fingerprint density at radius 3 is 2.82 bits per heavy atom. The third kappa shape index (κ3) is 3.64. The van der Waals surface area contributed by atoms with Crippen LogP contribution in [0.2, 0.25) is 0 Å². The summed E-state index contributed by atoms with van der Waals surface area (Å²) in [7, 11) is 0. The summed E-state index contributed by atoms with van der Waals surface area (Å²) < 4.78 is 5.91. The minimum absolute atomic E-state index is 0.181. The van der Waals surface area contributed by atoms with Crippen LogP contribution in [0.5, 0.6) is 11.5 Å². The van der Waals surface area contributed by atoms with Gasteiger partial charge in [0.15, 0.2) is 11.9 Å². The quantitative estimate of drug-likeness (QED) is 0.261. The van der Waals surface area contributed by atoms with Crippen LogP contribution in [0.4, 0.5) is 0 Å². The Kier molecular flexibility index (Phi) is 5.15. The molecule has 0 bridgehead atoms. The molecule has 0 spiro atoms. The number of ether oxygens (including phenoxy) is 1.